The quantitative estimate of drug-likeness (QED) is 0.420. The molecular weight excluding hydrogens is 260 g/mol. The summed E-state index contributed by atoms with van der Waals surface area (Å²) in [5.74, 6) is 0. The normalized spacial score (nSPS) is 8.93. The molecule has 0 saturated carbocycles. The van der Waals surface area contributed by atoms with Crippen LogP contribution in [-0.4, -0.2) is 23.1 Å². The van der Waals surface area contributed by atoms with Gasteiger partial charge in [-0.3, -0.25) is 0 Å². The van der Waals surface area contributed by atoms with Crippen LogP contribution in [0.2, 0.25) is 0 Å². The number of hydrogen-bond acceptors (Lipinski definition) is 0. The van der Waals surface area contributed by atoms with E-state index in [0.29, 0.717) is 0 Å². The Morgan fingerprint density at radius 3 is 2.13 bits per heavy atom. The Bertz CT molecular complexity index is 231. The maximum absolute atomic E-state index is 3.84. The smallest absolute Gasteiger partial charge is 1.00 e. The first kappa shape index (κ1) is 17.8. The largest absolute Gasteiger partial charge is 2.00 e. The second-order valence-corrected chi connectivity index (χ2v) is 3.65. The van der Waals surface area contributed by atoms with Gasteiger partial charge in [-0.25, -0.2) is 0 Å². The molecule has 0 radical (unpaired) electrons. The first-order valence-corrected chi connectivity index (χ1v) is 5.17. The van der Waals surface area contributed by atoms with Crippen LogP contribution in [-0.2, 0) is 6.42 Å². The third kappa shape index (κ3) is 8.29. The molecular formula is C13H19BrMg. The molecule has 0 N–H and O–H groups in total. The Hall–Kier alpha value is 0.466. The van der Waals surface area contributed by atoms with Gasteiger partial charge >= 0.3 is 23.1 Å². The third-order valence-electron chi connectivity index (χ3n) is 2.34. The summed E-state index contributed by atoms with van der Waals surface area (Å²) in [5.41, 5.74) is 2.82. The predicted octanol–water partition coefficient (Wildman–Crippen LogP) is 0.555. The van der Waals surface area contributed by atoms with Gasteiger partial charge in [-0.15, -0.1) is 0 Å². The van der Waals surface area contributed by atoms with Gasteiger partial charge in [0.15, 0.2) is 0 Å². The molecule has 80 valence electrons. The van der Waals surface area contributed by atoms with E-state index in [1.54, 1.807) is 0 Å². The van der Waals surface area contributed by atoms with Gasteiger partial charge in [-0.1, -0.05) is 42.7 Å². The summed E-state index contributed by atoms with van der Waals surface area (Å²) in [6.07, 6.45) is 6.19. The molecule has 0 amide bonds. The zero-order chi connectivity index (χ0) is 9.52. The first-order valence-electron chi connectivity index (χ1n) is 5.17. The van der Waals surface area contributed by atoms with Crippen molar-refractivity contribution in [2.24, 2.45) is 0 Å². The molecule has 0 aromatic heterocycles. The SMILES string of the molecule is [Br-].[CH2-]CCCCCc1ccc(C)cc1.[Mg+2]. The number of halogens is 1. The van der Waals surface area contributed by atoms with Crippen molar-refractivity contribution in [3.8, 4) is 0 Å². The van der Waals surface area contributed by atoms with Crippen LogP contribution in [0.15, 0.2) is 24.3 Å². The molecule has 0 heterocycles. The van der Waals surface area contributed by atoms with E-state index in [1.165, 1.54) is 36.8 Å². The minimum atomic E-state index is 0. The number of hydrogen-bond donors (Lipinski definition) is 0. The van der Waals surface area contributed by atoms with Gasteiger partial charge in [-0.2, -0.15) is 6.42 Å². The summed E-state index contributed by atoms with van der Waals surface area (Å²) in [5, 5.41) is 0. The maximum atomic E-state index is 3.84. The van der Waals surface area contributed by atoms with Crippen molar-refractivity contribution in [2.45, 2.75) is 39.0 Å². The van der Waals surface area contributed by atoms with Crippen LogP contribution in [0.25, 0.3) is 0 Å². The molecule has 0 spiro atoms. The van der Waals surface area contributed by atoms with Gasteiger partial charge in [-0.05, 0) is 25.3 Å². The van der Waals surface area contributed by atoms with Crippen molar-refractivity contribution in [2.75, 3.05) is 0 Å². The van der Waals surface area contributed by atoms with Crippen molar-refractivity contribution in [1.29, 1.82) is 0 Å². The van der Waals surface area contributed by atoms with Crippen molar-refractivity contribution in [3.63, 3.8) is 0 Å². The monoisotopic (exact) mass is 278 g/mol. The minimum Gasteiger partial charge on any atom is -1.00 e. The van der Waals surface area contributed by atoms with Crippen LogP contribution in [0.4, 0.5) is 0 Å². The Morgan fingerprint density at radius 2 is 1.60 bits per heavy atom. The van der Waals surface area contributed by atoms with Crippen LogP contribution in [0.5, 0.6) is 0 Å². The minimum absolute atomic E-state index is 0. The number of benzene rings is 1. The number of rotatable bonds is 5. The summed E-state index contributed by atoms with van der Waals surface area (Å²) < 4.78 is 0. The zero-order valence-electron chi connectivity index (χ0n) is 9.64. The van der Waals surface area contributed by atoms with Crippen LogP contribution < -0.4 is 17.0 Å². The molecule has 0 unspecified atom stereocenters. The van der Waals surface area contributed by atoms with Gasteiger partial charge in [0, 0.05) is 0 Å². The molecule has 1 rings (SSSR count). The predicted molar refractivity (Wildman–Crippen MR) is 64.5 cm³/mol. The fourth-order valence-corrected chi connectivity index (χ4v) is 1.44. The molecule has 0 saturated heterocycles. The Labute approximate surface area is 121 Å². The zero-order valence-corrected chi connectivity index (χ0v) is 12.6. The van der Waals surface area contributed by atoms with E-state index in [9.17, 15) is 0 Å². The van der Waals surface area contributed by atoms with Gasteiger partial charge < -0.3 is 23.9 Å². The van der Waals surface area contributed by atoms with Crippen LogP contribution in [0.3, 0.4) is 0 Å². The molecule has 1 aromatic rings. The van der Waals surface area contributed by atoms with Crippen LogP contribution in [0.1, 0.15) is 36.8 Å². The van der Waals surface area contributed by atoms with Gasteiger partial charge in [0.25, 0.3) is 0 Å². The summed E-state index contributed by atoms with van der Waals surface area (Å²) in [6, 6.07) is 8.85. The second kappa shape index (κ2) is 11.0. The second-order valence-electron chi connectivity index (χ2n) is 3.65. The van der Waals surface area contributed by atoms with Crippen molar-refractivity contribution in [1.82, 2.24) is 0 Å². The fraction of sp³-hybridized carbons (Fsp3) is 0.462. The standard InChI is InChI=1S/C13H19.BrH.Mg/c1-3-4-5-6-7-13-10-8-12(2)9-11-13;;/h8-11H,1,3-7H2,2H3;1H;/q-1;;+2/p-1. The summed E-state index contributed by atoms with van der Waals surface area (Å²) in [6.45, 7) is 5.97. The summed E-state index contributed by atoms with van der Waals surface area (Å²) >= 11 is 0. The molecule has 0 aliphatic carbocycles. The molecule has 0 fully saturated rings. The Balaban J connectivity index is 0. The molecule has 0 aliphatic rings. The molecule has 0 aliphatic heterocycles. The first-order chi connectivity index (χ1) is 6.33. The number of unbranched alkanes of at least 4 members (excludes halogenated alkanes) is 3. The maximum Gasteiger partial charge on any atom is 2.00 e. The van der Waals surface area contributed by atoms with E-state index >= 15 is 0 Å². The molecule has 0 bridgehead atoms. The van der Waals surface area contributed by atoms with E-state index in [1.807, 2.05) is 0 Å². The van der Waals surface area contributed by atoms with E-state index in [0.717, 1.165) is 6.42 Å². The topological polar surface area (TPSA) is 0 Å². The molecule has 0 atom stereocenters. The molecule has 2 heteroatoms. The average molecular weight is 280 g/mol. The average Bonchev–Trinajstić information content (AvgIpc) is 2.15. The third-order valence-corrected chi connectivity index (χ3v) is 2.34. The Kier molecular flexibility index (Phi) is 13.0. The van der Waals surface area contributed by atoms with Gasteiger partial charge in [0.2, 0.25) is 0 Å². The van der Waals surface area contributed by atoms with Gasteiger partial charge in [0.05, 0.1) is 0 Å². The summed E-state index contributed by atoms with van der Waals surface area (Å²) in [4.78, 5) is 0. The fourth-order valence-electron chi connectivity index (χ4n) is 1.44. The molecule has 1 aromatic carbocycles. The van der Waals surface area contributed by atoms with Crippen molar-refractivity contribution >= 4 is 23.1 Å². The van der Waals surface area contributed by atoms with E-state index in [4.69, 9.17) is 0 Å². The van der Waals surface area contributed by atoms with E-state index < -0.39 is 0 Å². The molecule has 0 nitrogen and oxygen atoms in total. The van der Waals surface area contributed by atoms with Gasteiger partial charge in [0.1, 0.15) is 0 Å². The van der Waals surface area contributed by atoms with Crippen molar-refractivity contribution in [3.05, 3.63) is 42.3 Å². The molecule has 15 heavy (non-hydrogen) atoms. The van der Waals surface area contributed by atoms with E-state index in [2.05, 4.69) is 38.1 Å². The number of aryl methyl sites for hydroxylation is 2. The van der Waals surface area contributed by atoms with E-state index in [-0.39, 0.29) is 40.0 Å². The summed E-state index contributed by atoms with van der Waals surface area (Å²) in [7, 11) is 0. The van der Waals surface area contributed by atoms with Crippen LogP contribution >= 0.6 is 0 Å². The Morgan fingerprint density at radius 1 is 1.00 bits per heavy atom. The van der Waals surface area contributed by atoms with Crippen molar-refractivity contribution < 1.29 is 17.0 Å². The van der Waals surface area contributed by atoms with Crippen LogP contribution in [0, 0.1) is 13.8 Å².